The molecule has 2 N–H and O–H groups in total. The summed E-state index contributed by atoms with van der Waals surface area (Å²) in [6.07, 6.45) is 3.88. The van der Waals surface area contributed by atoms with Crippen molar-refractivity contribution in [1.29, 1.82) is 0 Å². The van der Waals surface area contributed by atoms with E-state index in [1.807, 2.05) is 0 Å². The Hall–Kier alpha value is 0.270. The maximum Gasteiger partial charge on any atom is 0.0445 e. The highest BCUT2D eigenvalue weighted by Gasteiger charge is 2.24. The minimum atomic E-state index is 0.505. The van der Waals surface area contributed by atoms with Crippen LogP contribution in [0.5, 0.6) is 0 Å². The van der Waals surface area contributed by atoms with E-state index in [0.29, 0.717) is 6.04 Å². The Morgan fingerprint density at radius 2 is 2.33 bits per heavy atom. The SMILES string of the molecule is N[C@H]1CCC(CN2CCSC2)C1. The zero-order chi connectivity index (χ0) is 8.39. The molecule has 2 nitrogen and oxygen atoms in total. The molecule has 0 radical (unpaired) electrons. The highest BCUT2D eigenvalue weighted by Crippen LogP contribution is 2.26. The van der Waals surface area contributed by atoms with Crippen molar-refractivity contribution in [3.8, 4) is 0 Å². The largest absolute Gasteiger partial charge is 0.328 e. The Morgan fingerprint density at radius 3 is 2.92 bits per heavy atom. The summed E-state index contributed by atoms with van der Waals surface area (Å²) in [5.41, 5.74) is 5.88. The number of hydrogen-bond acceptors (Lipinski definition) is 3. The number of rotatable bonds is 2. The van der Waals surface area contributed by atoms with Crippen molar-refractivity contribution in [2.45, 2.75) is 25.3 Å². The highest BCUT2D eigenvalue weighted by molar-refractivity contribution is 7.99. The summed E-state index contributed by atoms with van der Waals surface area (Å²) in [5, 5.41) is 0. The molecule has 1 heterocycles. The second-order valence-corrected chi connectivity index (χ2v) is 5.13. The maximum atomic E-state index is 5.88. The maximum absolute atomic E-state index is 5.88. The number of thioether (sulfide) groups is 1. The predicted octanol–water partition coefficient (Wildman–Crippen LogP) is 1.12. The highest BCUT2D eigenvalue weighted by atomic mass is 32.2. The van der Waals surface area contributed by atoms with E-state index in [-0.39, 0.29) is 0 Å². The van der Waals surface area contributed by atoms with Crippen molar-refractivity contribution in [1.82, 2.24) is 4.90 Å². The van der Waals surface area contributed by atoms with E-state index < -0.39 is 0 Å². The quantitative estimate of drug-likeness (QED) is 0.701. The van der Waals surface area contributed by atoms with Gasteiger partial charge in [0.15, 0.2) is 0 Å². The van der Waals surface area contributed by atoms with Gasteiger partial charge in [0, 0.05) is 30.8 Å². The van der Waals surface area contributed by atoms with E-state index in [2.05, 4.69) is 16.7 Å². The summed E-state index contributed by atoms with van der Waals surface area (Å²) in [5.74, 6) is 3.49. The van der Waals surface area contributed by atoms with E-state index in [0.717, 1.165) is 5.92 Å². The minimum absolute atomic E-state index is 0.505. The monoisotopic (exact) mass is 186 g/mol. The van der Waals surface area contributed by atoms with Crippen molar-refractivity contribution in [2.75, 3.05) is 24.7 Å². The summed E-state index contributed by atoms with van der Waals surface area (Å²) in [7, 11) is 0. The van der Waals surface area contributed by atoms with Crippen LogP contribution in [0, 0.1) is 5.92 Å². The smallest absolute Gasteiger partial charge is 0.0445 e. The lowest BCUT2D eigenvalue weighted by atomic mass is 10.1. The summed E-state index contributed by atoms with van der Waals surface area (Å²) in [6.45, 7) is 2.61. The molecule has 1 saturated carbocycles. The van der Waals surface area contributed by atoms with Gasteiger partial charge in [0.2, 0.25) is 0 Å². The molecule has 0 aromatic carbocycles. The lowest BCUT2D eigenvalue weighted by molar-refractivity contribution is 0.291. The molecule has 1 saturated heterocycles. The second kappa shape index (κ2) is 3.99. The molecular weight excluding hydrogens is 168 g/mol. The number of hydrogen-bond donors (Lipinski definition) is 1. The standard InChI is InChI=1S/C9H18N2S/c10-9-2-1-8(5-9)6-11-3-4-12-7-11/h8-9H,1-7,10H2/t8?,9-/m0/s1. The summed E-state index contributed by atoms with van der Waals surface area (Å²) >= 11 is 2.06. The first-order chi connectivity index (χ1) is 5.84. The molecule has 0 amide bonds. The topological polar surface area (TPSA) is 29.3 Å². The molecule has 0 spiro atoms. The van der Waals surface area contributed by atoms with Crippen LogP contribution in [-0.2, 0) is 0 Å². The first-order valence-electron chi connectivity index (χ1n) is 4.90. The third kappa shape index (κ3) is 2.15. The second-order valence-electron chi connectivity index (χ2n) is 4.05. The van der Waals surface area contributed by atoms with E-state index in [1.54, 1.807) is 0 Å². The number of nitrogens with two attached hydrogens (primary N) is 1. The molecule has 2 rings (SSSR count). The van der Waals surface area contributed by atoms with E-state index >= 15 is 0 Å². The van der Waals surface area contributed by atoms with Crippen molar-refractivity contribution >= 4 is 11.8 Å². The van der Waals surface area contributed by atoms with Gasteiger partial charge in [-0.1, -0.05) is 0 Å². The molecule has 70 valence electrons. The molecule has 0 aromatic heterocycles. The van der Waals surface area contributed by atoms with Crippen LogP contribution in [0.25, 0.3) is 0 Å². The third-order valence-corrected chi connectivity index (χ3v) is 3.94. The van der Waals surface area contributed by atoms with Gasteiger partial charge in [-0.3, -0.25) is 4.90 Å². The van der Waals surface area contributed by atoms with Crippen molar-refractivity contribution in [2.24, 2.45) is 11.7 Å². The number of nitrogens with zero attached hydrogens (tertiary/aromatic N) is 1. The van der Waals surface area contributed by atoms with Crippen LogP contribution in [0.3, 0.4) is 0 Å². The van der Waals surface area contributed by atoms with Crippen LogP contribution < -0.4 is 5.73 Å². The molecule has 1 aliphatic carbocycles. The lowest BCUT2D eigenvalue weighted by Gasteiger charge is -2.18. The predicted molar refractivity (Wildman–Crippen MR) is 54.2 cm³/mol. The van der Waals surface area contributed by atoms with Crippen LogP contribution in [0.2, 0.25) is 0 Å². The van der Waals surface area contributed by atoms with Gasteiger partial charge in [-0.25, -0.2) is 0 Å². The zero-order valence-electron chi connectivity index (χ0n) is 7.54. The van der Waals surface area contributed by atoms with Crippen LogP contribution in [0.15, 0.2) is 0 Å². The van der Waals surface area contributed by atoms with E-state index in [4.69, 9.17) is 5.73 Å². The molecule has 2 aliphatic rings. The molecule has 12 heavy (non-hydrogen) atoms. The van der Waals surface area contributed by atoms with Gasteiger partial charge in [-0.05, 0) is 25.2 Å². The Morgan fingerprint density at radius 1 is 1.42 bits per heavy atom. The molecule has 2 fully saturated rings. The molecular formula is C9H18N2S. The van der Waals surface area contributed by atoms with Crippen LogP contribution in [0.1, 0.15) is 19.3 Å². The van der Waals surface area contributed by atoms with E-state index in [1.165, 1.54) is 44.0 Å². The normalized spacial score (nSPS) is 37.8. The van der Waals surface area contributed by atoms with Gasteiger partial charge in [-0.2, -0.15) is 0 Å². The lowest BCUT2D eigenvalue weighted by Crippen LogP contribution is -2.26. The van der Waals surface area contributed by atoms with Crippen LogP contribution in [0.4, 0.5) is 0 Å². The molecule has 0 bridgehead atoms. The summed E-state index contributed by atoms with van der Waals surface area (Å²) in [6, 6.07) is 0.505. The van der Waals surface area contributed by atoms with Gasteiger partial charge in [0.05, 0.1) is 0 Å². The Kier molecular flexibility index (Phi) is 2.94. The molecule has 1 unspecified atom stereocenters. The first kappa shape index (κ1) is 8.85. The molecule has 2 atom stereocenters. The fraction of sp³-hybridized carbons (Fsp3) is 1.00. The van der Waals surface area contributed by atoms with E-state index in [9.17, 15) is 0 Å². The van der Waals surface area contributed by atoms with Crippen LogP contribution in [-0.4, -0.2) is 35.7 Å². The van der Waals surface area contributed by atoms with Gasteiger partial charge in [0.1, 0.15) is 0 Å². The fourth-order valence-corrected chi connectivity index (χ4v) is 3.25. The average molecular weight is 186 g/mol. The fourth-order valence-electron chi connectivity index (χ4n) is 2.24. The zero-order valence-corrected chi connectivity index (χ0v) is 8.35. The van der Waals surface area contributed by atoms with Gasteiger partial charge < -0.3 is 5.73 Å². The molecule has 0 aromatic rings. The Balaban J connectivity index is 1.72. The van der Waals surface area contributed by atoms with Crippen molar-refractivity contribution in [3.05, 3.63) is 0 Å². The van der Waals surface area contributed by atoms with Gasteiger partial charge in [-0.15, -0.1) is 11.8 Å². The van der Waals surface area contributed by atoms with Crippen LogP contribution >= 0.6 is 11.8 Å². The Labute approximate surface area is 78.9 Å². The van der Waals surface area contributed by atoms with Crippen molar-refractivity contribution in [3.63, 3.8) is 0 Å². The van der Waals surface area contributed by atoms with Crippen molar-refractivity contribution < 1.29 is 0 Å². The Bertz CT molecular complexity index is 145. The van der Waals surface area contributed by atoms with Gasteiger partial charge >= 0.3 is 0 Å². The summed E-state index contributed by atoms with van der Waals surface area (Å²) in [4.78, 5) is 2.58. The minimum Gasteiger partial charge on any atom is -0.328 e. The molecule has 1 aliphatic heterocycles. The molecule has 3 heteroatoms. The summed E-state index contributed by atoms with van der Waals surface area (Å²) < 4.78 is 0. The first-order valence-corrected chi connectivity index (χ1v) is 6.06. The third-order valence-electron chi connectivity index (χ3n) is 2.92. The average Bonchev–Trinajstić information content (AvgIpc) is 2.63. The van der Waals surface area contributed by atoms with Gasteiger partial charge in [0.25, 0.3) is 0 Å².